The topological polar surface area (TPSA) is 52.0 Å². The maximum atomic E-state index is 5.69. The summed E-state index contributed by atoms with van der Waals surface area (Å²) in [6.45, 7) is 1.92. The Morgan fingerprint density at radius 1 is 1.31 bits per heavy atom. The molecule has 0 radical (unpaired) electrons. The highest BCUT2D eigenvalue weighted by Crippen LogP contribution is 2.36. The van der Waals surface area contributed by atoms with Crippen LogP contribution in [0.4, 0.5) is 5.82 Å². The molecule has 0 amide bonds. The van der Waals surface area contributed by atoms with Crippen LogP contribution in [0, 0.1) is 6.92 Å². The molecule has 0 aliphatic carbocycles. The lowest BCUT2D eigenvalue weighted by molar-refractivity contribution is 0.436. The van der Waals surface area contributed by atoms with Gasteiger partial charge in [-0.15, -0.1) is 11.3 Å². The zero-order valence-electron chi connectivity index (χ0n) is 8.73. The molecule has 4 heteroatoms. The Hall–Kier alpha value is -1.81. The predicted molar refractivity (Wildman–Crippen MR) is 66.5 cm³/mol. The van der Waals surface area contributed by atoms with Crippen LogP contribution in [-0.4, -0.2) is 5.16 Å². The fraction of sp³-hybridized carbons (Fsp3) is 0.0833. The van der Waals surface area contributed by atoms with E-state index >= 15 is 0 Å². The molecule has 0 spiro atoms. The number of hydrogen-bond donors (Lipinski definition) is 1. The first-order valence-electron chi connectivity index (χ1n) is 4.95. The van der Waals surface area contributed by atoms with E-state index < -0.39 is 0 Å². The summed E-state index contributed by atoms with van der Waals surface area (Å²) in [7, 11) is 0. The van der Waals surface area contributed by atoms with Crippen molar-refractivity contribution >= 4 is 27.2 Å². The minimum Gasteiger partial charge on any atom is -0.381 e. The first kappa shape index (κ1) is 9.42. The standard InChI is InChI=1S/C12H10N2OS/c1-7-11(15-14-12(7)13)9-6-16-10-5-3-2-4-8(9)10/h2-6H,1H3,(H2,13,14). The van der Waals surface area contributed by atoms with Crippen LogP contribution in [0.15, 0.2) is 34.2 Å². The molecule has 0 aliphatic heterocycles. The third kappa shape index (κ3) is 1.23. The van der Waals surface area contributed by atoms with Crippen LogP contribution in [0.5, 0.6) is 0 Å². The van der Waals surface area contributed by atoms with Gasteiger partial charge >= 0.3 is 0 Å². The van der Waals surface area contributed by atoms with Gasteiger partial charge in [0.05, 0.1) is 0 Å². The molecule has 0 saturated carbocycles. The van der Waals surface area contributed by atoms with E-state index in [1.165, 1.54) is 10.1 Å². The van der Waals surface area contributed by atoms with Gasteiger partial charge in [-0.05, 0) is 13.0 Å². The van der Waals surface area contributed by atoms with Crippen LogP contribution in [-0.2, 0) is 0 Å². The quantitative estimate of drug-likeness (QED) is 0.696. The third-order valence-corrected chi connectivity index (χ3v) is 3.65. The van der Waals surface area contributed by atoms with Crippen LogP contribution in [0.2, 0.25) is 0 Å². The highest BCUT2D eigenvalue weighted by atomic mass is 32.1. The van der Waals surface area contributed by atoms with Gasteiger partial charge in [0.15, 0.2) is 11.6 Å². The lowest BCUT2D eigenvalue weighted by Crippen LogP contribution is -1.86. The summed E-state index contributed by atoms with van der Waals surface area (Å²) in [6.07, 6.45) is 0. The van der Waals surface area contributed by atoms with E-state index in [0.29, 0.717) is 5.82 Å². The first-order chi connectivity index (χ1) is 7.77. The summed E-state index contributed by atoms with van der Waals surface area (Å²) < 4.78 is 6.52. The molecule has 3 rings (SSSR count). The molecule has 80 valence electrons. The molecule has 1 aromatic carbocycles. The molecule has 3 aromatic rings. The molecular weight excluding hydrogens is 220 g/mol. The van der Waals surface area contributed by atoms with Gasteiger partial charge in [-0.3, -0.25) is 0 Å². The minimum absolute atomic E-state index is 0.463. The summed E-state index contributed by atoms with van der Waals surface area (Å²) in [5.41, 5.74) is 7.67. The van der Waals surface area contributed by atoms with Gasteiger partial charge in [0.1, 0.15) is 0 Å². The molecule has 2 aromatic heterocycles. The average molecular weight is 230 g/mol. The Balaban J connectivity index is 2.30. The molecule has 0 aliphatic rings. The Morgan fingerprint density at radius 3 is 2.88 bits per heavy atom. The average Bonchev–Trinajstić information content (AvgIpc) is 2.85. The van der Waals surface area contributed by atoms with E-state index in [1.807, 2.05) is 19.1 Å². The van der Waals surface area contributed by atoms with Gasteiger partial charge in [-0.25, -0.2) is 0 Å². The summed E-state index contributed by atoms with van der Waals surface area (Å²) in [5, 5.41) is 7.05. The largest absolute Gasteiger partial charge is 0.381 e. The maximum absolute atomic E-state index is 5.69. The van der Waals surface area contributed by atoms with E-state index in [4.69, 9.17) is 10.3 Å². The van der Waals surface area contributed by atoms with Gasteiger partial charge in [0, 0.05) is 26.6 Å². The molecule has 3 nitrogen and oxygen atoms in total. The van der Waals surface area contributed by atoms with E-state index in [-0.39, 0.29) is 0 Å². The van der Waals surface area contributed by atoms with E-state index in [0.717, 1.165) is 16.9 Å². The molecule has 0 saturated heterocycles. The lowest BCUT2D eigenvalue weighted by Gasteiger charge is -1.95. The Labute approximate surface area is 96.5 Å². The number of thiophene rings is 1. The van der Waals surface area contributed by atoms with Gasteiger partial charge in [0.25, 0.3) is 0 Å². The number of aromatic nitrogens is 1. The first-order valence-corrected chi connectivity index (χ1v) is 5.83. The molecule has 16 heavy (non-hydrogen) atoms. The minimum atomic E-state index is 0.463. The molecule has 0 fully saturated rings. The van der Waals surface area contributed by atoms with Crippen LogP contribution >= 0.6 is 11.3 Å². The smallest absolute Gasteiger partial charge is 0.173 e. The lowest BCUT2D eigenvalue weighted by atomic mass is 10.1. The van der Waals surface area contributed by atoms with Crippen LogP contribution in [0.3, 0.4) is 0 Å². The van der Waals surface area contributed by atoms with Crippen molar-refractivity contribution in [2.24, 2.45) is 0 Å². The van der Waals surface area contributed by atoms with Crippen molar-refractivity contribution in [3.63, 3.8) is 0 Å². The normalized spacial score (nSPS) is 11.1. The van der Waals surface area contributed by atoms with Crippen molar-refractivity contribution in [2.45, 2.75) is 6.92 Å². The van der Waals surface area contributed by atoms with Crippen molar-refractivity contribution in [2.75, 3.05) is 5.73 Å². The highest BCUT2D eigenvalue weighted by molar-refractivity contribution is 7.17. The second-order valence-electron chi connectivity index (χ2n) is 3.67. The van der Waals surface area contributed by atoms with Crippen molar-refractivity contribution in [1.82, 2.24) is 5.16 Å². The second kappa shape index (κ2) is 3.35. The number of nitrogens with two attached hydrogens (primary N) is 1. The monoisotopic (exact) mass is 230 g/mol. The van der Waals surface area contributed by atoms with Gasteiger partial charge in [-0.1, -0.05) is 23.4 Å². The van der Waals surface area contributed by atoms with Gasteiger partial charge < -0.3 is 10.3 Å². The SMILES string of the molecule is Cc1c(N)noc1-c1csc2ccccc12. The number of anilines is 1. The molecule has 0 bridgehead atoms. The molecule has 2 N–H and O–H groups in total. The van der Waals surface area contributed by atoms with Crippen LogP contribution in [0.25, 0.3) is 21.4 Å². The summed E-state index contributed by atoms with van der Waals surface area (Å²) in [6, 6.07) is 8.23. The van der Waals surface area contributed by atoms with E-state index in [1.54, 1.807) is 11.3 Å². The Kier molecular flexibility index (Phi) is 1.97. The van der Waals surface area contributed by atoms with Crippen molar-refractivity contribution in [3.05, 3.63) is 35.2 Å². The Bertz CT molecular complexity index is 654. The van der Waals surface area contributed by atoms with Crippen LogP contribution < -0.4 is 5.73 Å². The third-order valence-electron chi connectivity index (χ3n) is 2.69. The second-order valence-corrected chi connectivity index (χ2v) is 4.58. The maximum Gasteiger partial charge on any atom is 0.173 e. The summed E-state index contributed by atoms with van der Waals surface area (Å²) in [5.74, 6) is 1.24. The summed E-state index contributed by atoms with van der Waals surface area (Å²) in [4.78, 5) is 0. The zero-order valence-corrected chi connectivity index (χ0v) is 9.54. The van der Waals surface area contributed by atoms with Crippen LogP contribution in [0.1, 0.15) is 5.56 Å². The predicted octanol–water partition coefficient (Wildman–Crippen LogP) is 3.45. The summed E-state index contributed by atoms with van der Waals surface area (Å²) >= 11 is 1.70. The number of hydrogen-bond acceptors (Lipinski definition) is 4. The number of rotatable bonds is 1. The van der Waals surface area contributed by atoms with Gasteiger partial charge in [0.2, 0.25) is 0 Å². The van der Waals surface area contributed by atoms with Gasteiger partial charge in [-0.2, -0.15) is 0 Å². The molecule has 0 unspecified atom stereocenters. The molecule has 2 heterocycles. The molecular formula is C12H10N2OS. The zero-order chi connectivity index (χ0) is 11.1. The number of benzene rings is 1. The molecule has 0 atom stereocenters. The number of fused-ring (bicyclic) bond motifs is 1. The Morgan fingerprint density at radius 2 is 2.12 bits per heavy atom. The van der Waals surface area contributed by atoms with Crippen molar-refractivity contribution in [1.29, 1.82) is 0 Å². The highest BCUT2D eigenvalue weighted by Gasteiger charge is 2.15. The van der Waals surface area contributed by atoms with E-state index in [2.05, 4.69) is 22.7 Å². The number of nitrogen functional groups attached to an aromatic ring is 1. The van der Waals surface area contributed by atoms with Crippen molar-refractivity contribution < 1.29 is 4.52 Å². The fourth-order valence-electron chi connectivity index (χ4n) is 1.75. The van der Waals surface area contributed by atoms with E-state index in [9.17, 15) is 0 Å². The fourth-order valence-corrected chi connectivity index (χ4v) is 2.69. The van der Waals surface area contributed by atoms with Crippen molar-refractivity contribution in [3.8, 4) is 11.3 Å². The number of nitrogens with zero attached hydrogens (tertiary/aromatic N) is 1.